The third kappa shape index (κ3) is 3.26. The van der Waals surface area contributed by atoms with E-state index in [0.29, 0.717) is 11.7 Å². The number of nitrogens with zero attached hydrogens (tertiary/aromatic N) is 2. The van der Waals surface area contributed by atoms with E-state index in [1.807, 2.05) is 0 Å². The lowest BCUT2D eigenvalue weighted by Crippen LogP contribution is -2.44. The minimum absolute atomic E-state index is 0. The van der Waals surface area contributed by atoms with Crippen molar-refractivity contribution in [2.24, 2.45) is 5.73 Å². The van der Waals surface area contributed by atoms with Gasteiger partial charge in [0.05, 0.1) is 10.6 Å². The quantitative estimate of drug-likeness (QED) is 0.930. The van der Waals surface area contributed by atoms with Crippen LogP contribution in [0.15, 0.2) is 22.7 Å². The van der Waals surface area contributed by atoms with Crippen LogP contribution in [0, 0.1) is 5.82 Å². The zero-order valence-electron chi connectivity index (χ0n) is 11.1. The fourth-order valence-electron chi connectivity index (χ4n) is 2.07. The predicted octanol–water partition coefficient (Wildman–Crippen LogP) is 3.79. The van der Waals surface area contributed by atoms with E-state index in [4.69, 9.17) is 21.9 Å². The molecular formula is C14H14Cl2FN3O. The van der Waals surface area contributed by atoms with Crippen LogP contribution in [-0.4, -0.2) is 10.1 Å². The number of rotatable bonds is 3. The number of aromatic nitrogens is 2. The molecule has 7 heteroatoms. The average Bonchev–Trinajstić information content (AvgIpc) is 2.86. The molecule has 0 atom stereocenters. The van der Waals surface area contributed by atoms with E-state index in [1.54, 1.807) is 18.2 Å². The molecule has 0 aliphatic heterocycles. The Morgan fingerprint density at radius 1 is 1.33 bits per heavy atom. The van der Waals surface area contributed by atoms with Crippen LogP contribution < -0.4 is 5.73 Å². The van der Waals surface area contributed by atoms with Gasteiger partial charge in [-0.05, 0) is 43.0 Å². The Labute approximate surface area is 132 Å². The molecule has 21 heavy (non-hydrogen) atoms. The second-order valence-electron chi connectivity index (χ2n) is 4.97. The van der Waals surface area contributed by atoms with Crippen LogP contribution in [0.4, 0.5) is 4.39 Å². The van der Waals surface area contributed by atoms with E-state index in [0.717, 1.165) is 24.8 Å². The van der Waals surface area contributed by atoms with Crippen molar-refractivity contribution in [3.8, 4) is 0 Å². The zero-order chi connectivity index (χ0) is 14.2. The molecule has 3 rings (SSSR count). The van der Waals surface area contributed by atoms with Crippen molar-refractivity contribution in [1.82, 2.24) is 10.1 Å². The third-order valence-electron chi connectivity index (χ3n) is 3.49. The highest BCUT2D eigenvalue weighted by molar-refractivity contribution is 6.30. The van der Waals surface area contributed by atoms with Gasteiger partial charge in [0.15, 0.2) is 5.82 Å². The molecule has 0 radical (unpaired) electrons. The van der Waals surface area contributed by atoms with Crippen molar-refractivity contribution < 1.29 is 8.91 Å². The molecule has 1 saturated carbocycles. The molecule has 0 bridgehead atoms. The Morgan fingerprint density at radius 3 is 2.71 bits per heavy atom. The largest absolute Gasteiger partial charge is 0.335 e. The van der Waals surface area contributed by atoms with Gasteiger partial charge in [-0.3, -0.25) is 0 Å². The molecule has 1 aromatic carbocycles. The van der Waals surface area contributed by atoms with Gasteiger partial charge in [-0.15, -0.1) is 12.4 Å². The molecule has 2 N–H and O–H groups in total. The molecule has 1 aliphatic carbocycles. The maximum Gasteiger partial charge on any atom is 0.250 e. The van der Waals surface area contributed by atoms with Crippen molar-refractivity contribution in [3.63, 3.8) is 0 Å². The van der Waals surface area contributed by atoms with Gasteiger partial charge in [0.25, 0.3) is 5.89 Å². The van der Waals surface area contributed by atoms with E-state index < -0.39 is 11.4 Å². The van der Waals surface area contributed by atoms with E-state index >= 15 is 0 Å². The first-order valence-electron chi connectivity index (χ1n) is 6.33. The van der Waals surface area contributed by atoms with Gasteiger partial charge in [-0.1, -0.05) is 22.8 Å². The third-order valence-corrected chi connectivity index (χ3v) is 3.78. The molecule has 0 unspecified atom stereocenters. The summed E-state index contributed by atoms with van der Waals surface area (Å²) in [5.41, 5.74) is 6.43. The van der Waals surface area contributed by atoms with Crippen LogP contribution >= 0.6 is 24.0 Å². The fourth-order valence-corrected chi connectivity index (χ4v) is 2.26. The van der Waals surface area contributed by atoms with Crippen molar-refractivity contribution in [2.45, 2.75) is 24.8 Å². The van der Waals surface area contributed by atoms with Gasteiger partial charge in [-0.2, -0.15) is 4.98 Å². The summed E-state index contributed by atoms with van der Waals surface area (Å²) in [6, 6.07) is 4.46. The maximum absolute atomic E-state index is 13.0. The molecule has 1 fully saturated rings. The summed E-state index contributed by atoms with van der Waals surface area (Å²) >= 11 is 5.71. The molecular weight excluding hydrogens is 316 g/mol. The van der Waals surface area contributed by atoms with Gasteiger partial charge in [0.2, 0.25) is 0 Å². The second-order valence-corrected chi connectivity index (χ2v) is 5.38. The Bertz CT molecular complexity index is 668. The predicted molar refractivity (Wildman–Crippen MR) is 81.6 cm³/mol. The monoisotopic (exact) mass is 329 g/mol. The molecule has 2 aromatic rings. The Morgan fingerprint density at radius 2 is 2.10 bits per heavy atom. The number of benzene rings is 1. The standard InChI is InChI=1S/C14H13ClFN3O.ClH/c15-10-8-9(2-4-11(10)16)3-5-12-18-13(19-20-12)14(17)6-1-7-14;/h2-5,8H,1,6-7,17H2;1H/b5-3+;. The van der Waals surface area contributed by atoms with E-state index in [1.165, 1.54) is 12.1 Å². The highest BCUT2D eigenvalue weighted by Crippen LogP contribution is 2.36. The van der Waals surface area contributed by atoms with Crippen LogP contribution in [0.3, 0.4) is 0 Å². The summed E-state index contributed by atoms with van der Waals surface area (Å²) in [4.78, 5) is 4.26. The summed E-state index contributed by atoms with van der Waals surface area (Å²) in [5, 5.41) is 3.98. The molecule has 0 spiro atoms. The summed E-state index contributed by atoms with van der Waals surface area (Å²) in [5.74, 6) is 0.469. The van der Waals surface area contributed by atoms with E-state index in [2.05, 4.69) is 10.1 Å². The van der Waals surface area contributed by atoms with Gasteiger partial charge in [0, 0.05) is 6.08 Å². The second kappa shape index (κ2) is 6.13. The highest BCUT2D eigenvalue weighted by atomic mass is 35.5. The lowest BCUT2D eigenvalue weighted by Gasteiger charge is -2.34. The number of nitrogens with two attached hydrogens (primary N) is 1. The van der Waals surface area contributed by atoms with Crippen LogP contribution in [0.25, 0.3) is 12.2 Å². The first kappa shape index (κ1) is 15.9. The SMILES string of the molecule is Cl.NC1(c2noc(/C=C/c3ccc(F)c(Cl)c3)n2)CCC1. The molecule has 1 heterocycles. The average molecular weight is 330 g/mol. The summed E-state index contributed by atoms with van der Waals surface area (Å²) in [6.07, 6.45) is 6.23. The van der Waals surface area contributed by atoms with Crippen LogP contribution in [-0.2, 0) is 5.54 Å². The number of hydrogen-bond acceptors (Lipinski definition) is 4. The first-order valence-corrected chi connectivity index (χ1v) is 6.71. The van der Waals surface area contributed by atoms with Gasteiger partial charge >= 0.3 is 0 Å². The first-order chi connectivity index (χ1) is 9.57. The summed E-state index contributed by atoms with van der Waals surface area (Å²) in [6.45, 7) is 0. The van der Waals surface area contributed by atoms with E-state index in [9.17, 15) is 4.39 Å². The zero-order valence-corrected chi connectivity index (χ0v) is 12.6. The van der Waals surface area contributed by atoms with Crippen molar-refractivity contribution in [3.05, 3.63) is 46.3 Å². The van der Waals surface area contributed by atoms with Gasteiger partial charge in [-0.25, -0.2) is 4.39 Å². The molecule has 1 aromatic heterocycles. The van der Waals surface area contributed by atoms with Crippen LogP contribution in [0.1, 0.15) is 36.5 Å². The number of halogens is 3. The van der Waals surface area contributed by atoms with E-state index in [-0.39, 0.29) is 17.4 Å². The maximum atomic E-state index is 13.0. The minimum atomic E-state index is -0.445. The molecule has 0 amide bonds. The molecule has 112 valence electrons. The summed E-state index contributed by atoms with van der Waals surface area (Å²) in [7, 11) is 0. The lowest BCUT2D eigenvalue weighted by molar-refractivity contribution is 0.229. The molecule has 4 nitrogen and oxygen atoms in total. The van der Waals surface area contributed by atoms with Crippen molar-refractivity contribution in [2.75, 3.05) is 0 Å². The highest BCUT2D eigenvalue weighted by Gasteiger charge is 2.38. The molecule has 0 saturated heterocycles. The summed E-state index contributed by atoms with van der Waals surface area (Å²) < 4.78 is 18.2. The van der Waals surface area contributed by atoms with Crippen molar-refractivity contribution >= 4 is 36.2 Å². The molecule has 1 aliphatic rings. The lowest BCUT2D eigenvalue weighted by atomic mass is 9.77. The number of hydrogen-bond donors (Lipinski definition) is 1. The van der Waals surface area contributed by atoms with Gasteiger partial charge in [0.1, 0.15) is 5.82 Å². The van der Waals surface area contributed by atoms with Crippen LogP contribution in [0.2, 0.25) is 5.02 Å². The van der Waals surface area contributed by atoms with Gasteiger partial charge < -0.3 is 10.3 Å². The fraction of sp³-hybridized carbons (Fsp3) is 0.286. The van der Waals surface area contributed by atoms with Crippen molar-refractivity contribution in [1.29, 1.82) is 0 Å². The van der Waals surface area contributed by atoms with Crippen LogP contribution in [0.5, 0.6) is 0 Å². The normalized spacial score (nSPS) is 16.5. The Hall–Kier alpha value is -1.43. The smallest absolute Gasteiger partial charge is 0.250 e. The Balaban J connectivity index is 0.00000161. The Kier molecular flexibility index (Phi) is 4.66. The minimum Gasteiger partial charge on any atom is -0.335 e. The topological polar surface area (TPSA) is 64.9 Å².